The van der Waals surface area contributed by atoms with E-state index in [1.165, 1.54) is 11.4 Å². The lowest BCUT2D eigenvalue weighted by molar-refractivity contribution is 0.114. The molecule has 2 N–H and O–H groups in total. The third kappa shape index (κ3) is 6.56. The second-order valence-corrected chi connectivity index (χ2v) is 10.9. The van der Waals surface area contributed by atoms with Crippen LogP contribution in [0.3, 0.4) is 0 Å². The fourth-order valence-electron chi connectivity index (χ4n) is 5.62. The summed E-state index contributed by atoms with van der Waals surface area (Å²) in [5, 5.41) is 7.09. The van der Waals surface area contributed by atoms with Gasteiger partial charge in [-0.25, -0.2) is 0 Å². The molecule has 40 heavy (non-hydrogen) atoms. The van der Waals surface area contributed by atoms with Crippen LogP contribution < -0.4 is 30.2 Å². The van der Waals surface area contributed by atoms with Gasteiger partial charge in [-0.2, -0.15) is 9.97 Å². The highest BCUT2D eigenvalue weighted by Gasteiger charge is 2.24. The second-order valence-electron chi connectivity index (χ2n) is 10.5. The van der Waals surface area contributed by atoms with Crippen molar-refractivity contribution in [3.63, 3.8) is 0 Å². The largest absolute Gasteiger partial charge is 0.376 e. The van der Waals surface area contributed by atoms with Gasteiger partial charge in [0.1, 0.15) is 11.6 Å². The van der Waals surface area contributed by atoms with Crippen molar-refractivity contribution in [1.29, 1.82) is 0 Å². The zero-order chi connectivity index (χ0) is 27.1. The molecule has 0 radical (unpaired) electrons. The van der Waals surface area contributed by atoms with Crippen LogP contribution in [0.5, 0.6) is 0 Å². The number of rotatable bonds is 7. The summed E-state index contributed by atoms with van der Waals surface area (Å²) in [5.74, 6) is 2.41. The maximum Gasteiger partial charge on any atom is 0.232 e. The van der Waals surface area contributed by atoms with E-state index in [-0.39, 0.29) is 6.10 Å². The lowest BCUT2D eigenvalue weighted by atomic mass is 10.2. The first-order chi connectivity index (χ1) is 19.7. The maximum absolute atomic E-state index is 5.73. The molecule has 4 heterocycles. The number of nitrogens with zero attached hydrogens (tertiary/aromatic N) is 6. The summed E-state index contributed by atoms with van der Waals surface area (Å²) in [5.41, 5.74) is 2.54. The highest BCUT2D eigenvalue weighted by molar-refractivity contribution is 7.80. The van der Waals surface area contributed by atoms with E-state index in [0.29, 0.717) is 17.6 Å². The van der Waals surface area contributed by atoms with Crippen molar-refractivity contribution >= 4 is 46.3 Å². The third-order valence-corrected chi connectivity index (χ3v) is 8.14. The van der Waals surface area contributed by atoms with Gasteiger partial charge in [0.25, 0.3) is 0 Å². The topological polar surface area (TPSA) is 72.0 Å². The van der Waals surface area contributed by atoms with Gasteiger partial charge in [-0.05, 0) is 49.3 Å². The van der Waals surface area contributed by atoms with Gasteiger partial charge in [0.2, 0.25) is 5.95 Å². The average molecular weight is 559 g/mol. The van der Waals surface area contributed by atoms with Crippen molar-refractivity contribution in [1.82, 2.24) is 15.3 Å². The molecule has 0 unspecified atom stereocenters. The Hall–Kier alpha value is -3.63. The van der Waals surface area contributed by atoms with E-state index in [1.807, 2.05) is 0 Å². The monoisotopic (exact) mass is 558 g/mol. The number of para-hydroxylation sites is 2. The Kier molecular flexibility index (Phi) is 8.44. The molecule has 3 saturated heterocycles. The molecule has 0 amide bonds. The average Bonchev–Trinajstić information content (AvgIpc) is 3.55. The van der Waals surface area contributed by atoms with Gasteiger partial charge in [0, 0.05) is 83.0 Å². The first kappa shape index (κ1) is 26.6. The molecule has 3 aliphatic heterocycles. The van der Waals surface area contributed by atoms with Crippen LogP contribution in [0.2, 0.25) is 0 Å². The summed E-state index contributed by atoms with van der Waals surface area (Å²) < 4.78 is 5.73. The molecule has 1 aromatic heterocycles. The number of anilines is 5. The minimum atomic E-state index is 0.212. The predicted octanol–water partition coefficient (Wildman–Crippen LogP) is 3.60. The molecule has 0 spiro atoms. The van der Waals surface area contributed by atoms with Gasteiger partial charge in [0.05, 0.1) is 6.10 Å². The fourth-order valence-corrected chi connectivity index (χ4v) is 5.80. The van der Waals surface area contributed by atoms with Crippen molar-refractivity contribution in [2.45, 2.75) is 18.9 Å². The van der Waals surface area contributed by atoms with Crippen LogP contribution in [-0.4, -0.2) is 86.7 Å². The van der Waals surface area contributed by atoms with E-state index in [2.05, 4.69) is 97.0 Å². The van der Waals surface area contributed by atoms with Crippen LogP contribution in [0.4, 0.5) is 29.0 Å². The number of thiocarbonyl (C=S) groups is 1. The molecule has 0 saturated carbocycles. The molecule has 3 aliphatic rings. The highest BCUT2D eigenvalue weighted by atomic mass is 32.1. The number of hydrogen-bond acceptors (Lipinski definition) is 8. The Balaban J connectivity index is 1.15. The van der Waals surface area contributed by atoms with Gasteiger partial charge in [0.15, 0.2) is 5.11 Å². The fraction of sp³-hybridized carbons (Fsp3) is 0.433. The zero-order valence-electron chi connectivity index (χ0n) is 22.9. The molecule has 1 atom stereocenters. The minimum Gasteiger partial charge on any atom is -0.376 e. The van der Waals surface area contributed by atoms with E-state index in [0.717, 1.165) is 83.4 Å². The number of nitrogens with one attached hydrogen (secondary N) is 2. The lowest BCUT2D eigenvalue weighted by Gasteiger charge is -2.38. The standard InChI is InChI=1S/C30H38N8OS/c40-30(31-23-26-12-7-21-39-26)34-29-32-27(37-17-13-35(14-18-37)24-8-3-1-4-9-24)22-28(33-29)38-19-15-36(16-20-38)25-10-5-2-6-11-25/h1-6,8-11,22,26H,7,12-21,23H2,(H2,31,32,33,34,40)/t26-/m1/s1. The van der Waals surface area contributed by atoms with Crippen molar-refractivity contribution < 1.29 is 4.74 Å². The van der Waals surface area contributed by atoms with Crippen molar-refractivity contribution in [3.05, 3.63) is 66.7 Å². The predicted molar refractivity (Wildman–Crippen MR) is 167 cm³/mol. The first-order valence-electron chi connectivity index (χ1n) is 14.4. The summed E-state index contributed by atoms with van der Waals surface area (Å²) in [7, 11) is 0. The molecule has 3 fully saturated rings. The highest BCUT2D eigenvalue weighted by Crippen LogP contribution is 2.26. The Morgan fingerprint density at radius 2 is 1.25 bits per heavy atom. The summed E-state index contributed by atoms with van der Waals surface area (Å²) in [4.78, 5) is 19.4. The van der Waals surface area contributed by atoms with Crippen LogP contribution in [0.1, 0.15) is 12.8 Å². The molecule has 2 aromatic carbocycles. The van der Waals surface area contributed by atoms with E-state index in [1.54, 1.807) is 0 Å². The Morgan fingerprint density at radius 3 is 1.73 bits per heavy atom. The molecular formula is C30H38N8OS. The Labute approximate surface area is 242 Å². The van der Waals surface area contributed by atoms with Gasteiger partial charge >= 0.3 is 0 Å². The SMILES string of the molecule is S=C(NC[C@H]1CCCO1)Nc1nc(N2CCN(c3ccccc3)CC2)cc(N2CCN(c3ccccc3)CC2)n1. The van der Waals surface area contributed by atoms with Gasteiger partial charge in [-0.15, -0.1) is 0 Å². The number of piperazine rings is 2. The van der Waals surface area contributed by atoms with Gasteiger partial charge in [-0.1, -0.05) is 36.4 Å². The number of hydrogen-bond donors (Lipinski definition) is 2. The van der Waals surface area contributed by atoms with E-state index in [9.17, 15) is 0 Å². The smallest absolute Gasteiger partial charge is 0.232 e. The molecule has 9 nitrogen and oxygen atoms in total. The summed E-state index contributed by atoms with van der Waals surface area (Å²) in [6.07, 6.45) is 2.38. The van der Waals surface area contributed by atoms with Crippen molar-refractivity contribution in [2.75, 3.05) is 90.4 Å². The summed E-state index contributed by atoms with van der Waals surface area (Å²) in [6, 6.07) is 23.4. The van der Waals surface area contributed by atoms with Crippen LogP contribution in [0.25, 0.3) is 0 Å². The van der Waals surface area contributed by atoms with Gasteiger partial charge in [-0.3, -0.25) is 0 Å². The lowest BCUT2D eigenvalue weighted by Crippen LogP contribution is -2.48. The minimum absolute atomic E-state index is 0.212. The van der Waals surface area contributed by atoms with Gasteiger partial charge < -0.3 is 35.0 Å². The second kappa shape index (κ2) is 12.7. The number of benzene rings is 2. The molecule has 6 rings (SSSR count). The van der Waals surface area contributed by atoms with Crippen LogP contribution in [0.15, 0.2) is 66.7 Å². The molecule has 0 bridgehead atoms. The number of aromatic nitrogens is 2. The zero-order valence-corrected chi connectivity index (χ0v) is 23.7. The van der Waals surface area contributed by atoms with Crippen LogP contribution in [-0.2, 0) is 4.74 Å². The molecule has 10 heteroatoms. The Bertz CT molecular complexity index is 1160. The maximum atomic E-state index is 5.73. The van der Waals surface area contributed by atoms with Crippen LogP contribution >= 0.6 is 12.2 Å². The normalized spacial score (nSPS) is 19.6. The van der Waals surface area contributed by atoms with E-state index >= 15 is 0 Å². The molecule has 0 aliphatic carbocycles. The summed E-state index contributed by atoms with van der Waals surface area (Å²) >= 11 is 5.61. The first-order valence-corrected chi connectivity index (χ1v) is 14.8. The quantitative estimate of drug-likeness (QED) is 0.421. The third-order valence-electron chi connectivity index (χ3n) is 7.89. The summed E-state index contributed by atoms with van der Waals surface area (Å²) in [6.45, 7) is 8.90. The van der Waals surface area contributed by atoms with E-state index < -0.39 is 0 Å². The Morgan fingerprint density at radius 1 is 0.750 bits per heavy atom. The van der Waals surface area contributed by atoms with E-state index in [4.69, 9.17) is 26.9 Å². The van der Waals surface area contributed by atoms with Crippen LogP contribution in [0, 0.1) is 0 Å². The molecular weight excluding hydrogens is 520 g/mol. The van der Waals surface area contributed by atoms with Crippen molar-refractivity contribution in [2.24, 2.45) is 0 Å². The van der Waals surface area contributed by atoms with Crippen molar-refractivity contribution in [3.8, 4) is 0 Å². The number of ether oxygens (including phenoxy) is 1. The molecule has 210 valence electrons. The molecule has 3 aromatic rings.